The van der Waals surface area contributed by atoms with Crippen LogP contribution in [0.2, 0.25) is 0 Å². The van der Waals surface area contributed by atoms with Gasteiger partial charge >= 0.3 is 0 Å². The van der Waals surface area contributed by atoms with Gasteiger partial charge in [-0.2, -0.15) is 5.26 Å². The van der Waals surface area contributed by atoms with Crippen LogP contribution in [0.4, 0.5) is 5.88 Å². The normalized spacial score (nSPS) is 18.3. The number of hydrogen-bond acceptors (Lipinski definition) is 5. The number of furan rings is 1. The van der Waals surface area contributed by atoms with E-state index in [1.165, 1.54) is 6.08 Å². The van der Waals surface area contributed by atoms with Crippen LogP contribution in [0.25, 0.3) is 6.08 Å². The van der Waals surface area contributed by atoms with Crippen molar-refractivity contribution in [2.45, 2.75) is 18.9 Å². The van der Waals surface area contributed by atoms with Crippen LogP contribution < -0.4 is 10.2 Å². The smallest absolute Gasteiger partial charge is 0.262 e. The summed E-state index contributed by atoms with van der Waals surface area (Å²) in [6, 6.07) is 5.40. The first-order chi connectivity index (χ1) is 10.1. The molecule has 0 spiro atoms. The zero-order valence-electron chi connectivity index (χ0n) is 12.3. The largest absolute Gasteiger partial charge is 0.441 e. The summed E-state index contributed by atoms with van der Waals surface area (Å²) in [6.45, 7) is 1.17. The molecule has 1 fully saturated rings. The maximum Gasteiger partial charge on any atom is 0.262 e. The molecule has 1 aromatic heterocycles. The van der Waals surface area contributed by atoms with Gasteiger partial charge in [-0.15, -0.1) is 0 Å². The Bertz CT molecular complexity index is 563. The number of nitriles is 1. The predicted octanol–water partition coefficient (Wildman–Crippen LogP) is 1.55. The fraction of sp³-hybridized carbons (Fsp3) is 0.467. The van der Waals surface area contributed by atoms with Crippen molar-refractivity contribution in [1.29, 1.82) is 5.26 Å². The van der Waals surface area contributed by atoms with Crippen molar-refractivity contribution in [2.24, 2.45) is 0 Å². The monoisotopic (exact) mass is 289 g/mol. The summed E-state index contributed by atoms with van der Waals surface area (Å²) >= 11 is 0. The van der Waals surface area contributed by atoms with Gasteiger partial charge in [0.1, 0.15) is 17.4 Å². The molecule has 2 rings (SSSR count). The molecule has 0 radical (unpaired) electrons. The molecule has 1 N–H and O–H groups in total. The lowest BCUT2D eigenvalue weighted by molar-refractivity contribution is -0.117. The highest BCUT2D eigenvalue weighted by atomic mass is 16.5. The van der Waals surface area contributed by atoms with Crippen molar-refractivity contribution in [3.8, 4) is 6.07 Å². The Kier molecular flexibility index (Phi) is 5.01. The van der Waals surface area contributed by atoms with E-state index < -0.39 is 5.91 Å². The molecule has 1 amide bonds. The Hall–Kier alpha value is -2.26. The highest BCUT2D eigenvalue weighted by Gasteiger charge is 2.17. The average molecular weight is 289 g/mol. The maximum absolute atomic E-state index is 12.0. The van der Waals surface area contributed by atoms with Crippen molar-refractivity contribution < 1.29 is 13.9 Å². The zero-order chi connectivity index (χ0) is 15.2. The third-order valence-electron chi connectivity index (χ3n) is 3.22. The van der Waals surface area contributed by atoms with E-state index in [0.717, 1.165) is 19.4 Å². The number of carbonyl (C=O) groups is 1. The van der Waals surface area contributed by atoms with Gasteiger partial charge in [-0.25, -0.2) is 0 Å². The van der Waals surface area contributed by atoms with Crippen LogP contribution in [-0.2, 0) is 9.53 Å². The van der Waals surface area contributed by atoms with Gasteiger partial charge in [0.2, 0.25) is 0 Å². The van der Waals surface area contributed by atoms with E-state index in [-0.39, 0.29) is 11.7 Å². The Morgan fingerprint density at radius 2 is 2.38 bits per heavy atom. The summed E-state index contributed by atoms with van der Waals surface area (Å²) in [4.78, 5) is 13.8. The minimum Gasteiger partial charge on any atom is -0.441 e. The van der Waals surface area contributed by atoms with Crippen molar-refractivity contribution in [2.75, 3.05) is 32.1 Å². The molecule has 1 saturated heterocycles. The van der Waals surface area contributed by atoms with Crippen LogP contribution in [0.3, 0.4) is 0 Å². The lowest BCUT2D eigenvalue weighted by Gasteiger charge is -2.10. The van der Waals surface area contributed by atoms with E-state index in [4.69, 9.17) is 14.4 Å². The Balaban J connectivity index is 1.98. The number of rotatable bonds is 5. The molecule has 1 aromatic rings. The summed E-state index contributed by atoms with van der Waals surface area (Å²) in [5, 5.41) is 11.8. The summed E-state index contributed by atoms with van der Waals surface area (Å²) in [6.07, 6.45) is 3.45. The van der Waals surface area contributed by atoms with Gasteiger partial charge < -0.3 is 19.4 Å². The highest BCUT2D eigenvalue weighted by Crippen LogP contribution is 2.18. The van der Waals surface area contributed by atoms with E-state index in [1.54, 1.807) is 17.0 Å². The summed E-state index contributed by atoms with van der Waals surface area (Å²) < 4.78 is 10.9. The van der Waals surface area contributed by atoms with Gasteiger partial charge in [0, 0.05) is 39.4 Å². The molecule has 2 heterocycles. The van der Waals surface area contributed by atoms with Crippen LogP contribution >= 0.6 is 0 Å². The minimum absolute atomic E-state index is 0.0210. The lowest BCUT2D eigenvalue weighted by Crippen LogP contribution is -2.32. The van der Waals surface area contributed by atoms with Gasteiger partial charge in [0.15, 0.2) is 5.88 Å². The third-order valence-corrected chi connectivity index (χ3v) is 3.22. The van der Waals surface area contributed by atoms with E-state index in [2.05, 4.69) is 5.32 Å². The second-order valence-electron chi connectivity index (χ2n) is 5.09. The van der Waals surface area contributed by atoms with Gasteiger partial charge in [0.05, 0.1) is 6.10 Å². The first-order valence-electron chi connectivity index (χ1n) is 6.89. The second-order valence-corrected chi connectivity index (χ2v) is 5.09. The molecule has 112 valence electrons. The van der Waals surface area contributed by atoms with Crippen LogP contribution in [0.5, 0.6) is 0 Å². The summed E-state index contributed by atoms with van der Waals surface area (Å²) in [5.74, 6) is 0.733. The first-order valence-corrected chi connectivity index (χ1v) is 6.89. The molecular weight excluding hydrogens is 270 g/mol. The Morgan fingerprint density at radius 3 is 2.95 bits per heavy atom. The van der Waals surface area contributed by atoms with E-state index >= 15 is 0 Å². The van der Waals surface area contributed by atoms with Crippen molar-refractivity contribution >= 4 is 17.9 Å². The van der Waals surface area contributed by atoms with Gasteiger partial charge in [-0.1, -0.05) is 0 Å². The van der Waals surface area contributed by atoms with Crippen molar-refractivity contribution in [1.82, 2.24) is 5.32 Å². The van der Waals surface area contributed by atoms with E-state index in [9.17, 15) is 4.79 Å². The van der Waals surface area contributed by atoms with Crippen LogP contribution in [0.15, 0.2) is 22.1 Å². The second kappa shape index (κ2) is 6.95. The fourth-order valence-corrected chi connectivity index (χ4v) is 2.06. The fourth-order valence-electron chi connectivity index (χ4n) is 2.06. The molecule has 1 aliphatic rings. The Morgan fingerprint density at radius 1 is 1.57 bits per heavy atom. The topological polar surface area (TPSA) is 78.5 Å². The molecule has 0 saturated carbocycles. The number of nitrogens with one attached hydrogen (secondary N) is 1. The van der Waals surface area contributed by atoms with E-state index in [0.29, 0.717) is 18.2 Å². The number of hydrogen-bond donors (Lipinski definition) is 1. The molecule has 1 atom stereocenters. The van der Waals surface area contributed by atoms with Gasteiger partial charge in [-0.3, -0.25) is 4.79 Å². The minimum atomic E-state index is -0.407. The van der Waals surface area contributed by atoms with Crippen molar-refractivity contribution in [3.05, 3.63) is 23.5 Å². The highest BCUT2D eigenvalue weighted by molar-refractivity contribution is 6.01. The lowest BCUT2D eigenvalue weighted by atomic mass is 10.2. The molecule has 21 heavy (non-hydrogen) atoms. The number of ether oxygens (including phenoxy) is 1. The van der Waals surface area contributed by atoms with Gasteiger partial charge in [-0.05, 0) is 18.9 Å². The van der Waals surface area contributed by atoms with Crippen LogP contribution in [0.1, 0.15) is 18.6 Å². The standard InChI is InChI=1S/C15H19N3O3/c1-18(2)14-6-5-12(21-14)8-11(9-16)15(19)17-10-13-4-3-7-20-13/h5-6,8,13H,3-4,7,10H2,1-2H3,(H,17,19). The Labute approximate surface area is 124 Å². The summed E-state index contributed by atoms with van der Waals surface area (Å²) in [5.41, 5.74) is 0.0210. The molecular formula is C15H19N3O3. The number of carbonyl (C=O) groups excluding carboxylic acids is 1. The average Bonchev–Trinajstić information content (AvgIpc) is 3.13. The molecule has 1 aliphatic heterocycles. The molecule has 0 bridgehead atoms. The first kappa shape index (κ1) is 15.1. The van der Waals surface area contributed by atoms with Crippen molar-refractivity contribution in [3.63, 3.8) is 0 Å². The predicted molar refractivity (Wildman–Crippen MR) is 78.6 cm³/mol. The third kappa shape index (κ3) is 4.10. The maximum atomic E-state index is 12.0. The number of amides is 1. The molecule has 0 aliphatic carbocycles. The van der Waals surface area contributed by atoms with Crippen LogP contribution in [-0.4, -0.2) is 39.3 Å². The molecule has 0 aromatic carbocycles. The molecule has 6 nitrogen and oxygen atoms in total. The zero-order valence-corrected chi connectivity index (χ0v) is 12.3. The number of anilines is 1. The van der Waals surface area contributed by atoms with Crippen LogP contribution in [0, 0.1) is 11.3 Å². The molecule has 1 unspecified atom stereocenters. The number of nitrogens with zero attached hydrogens (tertiary/aromatic N) is 2. The quantitative estimate of drug-likeness (QED) is 0.657. The summed E-state index contributed by atoms with van der Waals surface area (Å²) in [7, 11) is 3.71. The SMILES string of the molecule is CN(C)c1ccc(C=C(C#N)C(=O)NCC2CCCO2)o1. The van der Waals surface area contributed by atoms with Gasteiger partial charge in [0.25, 0.3) is 5.91 Å². The molecule has 6 heteroatoms. The van der Waals surface area contributed by atoms with E-state index in [1.807, 2.05) is 20.2 Å².